The van der Waals surface area contributed by atoms with Crippen LogP contribution in [-0.4, -0.2) is 19.1 Å². The van der Waals surface area contributed by atoms with Crippen molar-refractivity contribution in [2.24, 2.45) is 11.5 Å². The van der Waals surface area contributed by atoms with Crippen LogP contribution in [0.25, 0.3) is 0 Å². The molecule has 4 N–H and O–H groups in total. The van der Waals surface area contributed by atoms with Crippen LogP contribution in [0.3, 0.4) is 0 Å². The van der Waals surface area contributed by atoms with Gasteiger partial charge in [0.25, 0.3) is 0 Å². The van der Waals surface area contributed by atoms with Gasteiger partial charge in [0.1, 0.15) is 0 Å². The highest BCUT2D eigenvalue weighted by atomic mass is 16.5. The van der Waals surface area contributed by atoms with Crippen LogP contribution < -0.4 is 11.5 Å². The molecule has 2 aliphatic rings. The summed E-state index contributed by atoms with van der Waals surface area (Å²) in [5.41, 5.74) is 11.6. The van der Waals surface area contributed by atoms with Crippen LogP contribution in [0, 0.1) is 0 Å². The van der Waals surface area contributed by atoms with Crippen molar-refractivity contribution >= 4 is 5.91 Å². The quantitative estimate of drug-likeness (QED) is 0.750. The smallest absolute Gasteiger partial charge is 0.217 e. The van der Waals surface area contributed by atoms with E-state index in [9.17, 15) is 4.79 Å². The normalized spacial score (nSPS) is 17.1. The molecule has 0 aromatic heterocycles. The number of carbonyl (C=O) groups excluding carboxylic acids is 1. The summed E-state index contributed by atoms with van der Waals surface area (Å²) in [5.74, 6) is 1.04. The minimum Gasteiger partial charge on any atom is -0.498 e. The molecule has 0 bridgehead atoms. The number of hydrogen-bond acceptors (Lipinski definition) is 3. The highest BCUT2D eigenvalue weighted by Gasteiger charge is 2.13. The third-order valence-corrected chi connectivity index (χ3v) is 3.21. The van der Waals surface area contributed by atoms with E-state index in [4.69, 9.17) is 16.2 Å². The van der Waals surface area contributed by atoms with Crippen LogP contribution in [0.5, 0.6) is 0 Å². The second-order valence-electron chi connectivity index (χ2n) is 4.91. The van der Waals surface area contributed by atoms with Gasteiger partial charge in [-0.2, -0.15) is 0 Å². The van der Waals surface area contributed by atoms with Gasteiger partial charge in [-0.25, -0.2) is 0 Å². The monoisotopic (exact) mass is 266 g/mol. The highest BCUT2D eigenvalue weighted by Crippen LogP contribution is 2.27. The predicted octanol–water partition coefficient (Wildman–Crippen LogP) is 2.39. The van der Waals surface area contributed by atoms with Gasteiger partial charge in [-0.15, -0.1) is 0 Å². The average Bonchev–Trinajstić information content (AvgIpc) is 2.44. The zero-order chi connectivity index (χ0) is 13.9. The van der Waals surface area contributed by atoms with E-state index in [1.54, 1.807) is 0 Å². The maximum Gasteiger partial charge on any atom is 0.217 e. The van der Waals surface area contributed by atoms with Crippen molar-refractivity contribution in [1.29, 1.82) is 0 Å². The number of amides is 1. The number of nitrogens with two attached hydrogens (primary N) is 2. The Bertz CT molecular complexity index is 335. The summed E-state index contributed by atoms with van der Waals surface area (Å²) in [6, 6.07) is 0. The molecule has 1 heterocycles. The maximum atomic E-state index is 10.2. The van der Waals surface area contributed by atoms with E-state index >= 15 is 0 Å². The first-order valence-electron chi connectivity index (χ1n) is 7.23. The minimum atomic E-state index is -0.216. The first-order chi connectivity index (χ1) is 9.24. The third-order valence-electron chi connectivity index (χ3n) is 3.21. The van der Waals surface area contributed by atoms with Gasteiger partial charge in [-0.1, -0.05) is 18.6 Å². The maximum absolute atomic E-state index is 10.2. The van der Waals surface area contributed by atoms with Crippen LogP contribution in [0.2, 0.25) is 0 Å². The van der Waals surface area contributed by atoms with Gasteiger partial charge in [0, 0.05) is 12.8 Å². The first-order valence-corrected chi connectivity index (χ1v) is 7.23. The summed E-state index contributed by atoms with van der Waals surface area (Å²) >= 11 is 0. The van der Waals surface area contributed by atoms with Crippen molar-refractivity contribution in [2.75, 3.05) is 13.2 Å². The molecule has 1 amide bonds. The lowest BCUT2D eigenvalue weighted by molar-refractivity contribution is -0.118. The van der Waals surface area contributed by atoms with E-state index in [2.05, 4.69) is 12.2 Å². The molecule has 4 heteroatoms. The minimum absolute atomic E-state index is 0.216. The molecule has 0 saturated carbocycles. The summed E-state index contributed by atoms with van der Waals surface area (Å²) < 4.78 is 5.51. The van der Waals surface area contributed by atoms with Crippen molar-refractivity contribution in [3.05, 3.63) is 23.5 Å². The predicted molar refractivity (Wildman–Crippen MR) is 77.3 cm³/mol. The van der Waals surface area contributed by atoms with Crippen molar-refractivity contribution in [1.82, 2.24) is 0 Å². The van der Waals surface area contributed by atoms with Gasteiger partial charge < -0.3 is 16.2 Å². The Labute approximate surface area is 115 Å². The van der Waals surface area contributed by atoms with E-state index in [-0.39, 0.29) is 5.91 Å². The molecule has 2 rings (SSSR count). The second-order valence-corrected chi connectivity index (χ2v) is 4.91. The lowest BCUT2D eigenvalue weighted by atomic mass is 9.99. The molecular formula is C15H26N2O2. The van der Waals surface area contributed by atoms with Gasteiger partial charge in [-0.05, 0) is 44.2 Å². The van der Waals surface area contributed by atoms with Gasteiger partial charge in [0.15, 0.2) is 0 Å². The number of hydrogen-bond donors (Lipinski definition) is 2. The Morgan fingerprint density at radius 1 is 1.26 bits per heavy atom. The molecule has 1 aliphatic heterocycles. The number of primary amides is 1. The number of ether oxygens (including phenoxy) is 1. The summed E-state index contributed by atoms with van der Waals surface area (Å²) in [5, 5.41) is 0. The largest absolute Gasteiger partial charge is 0.498 e. The number of unbranched alkanes of at least 4 members (excludes halogenated alkanes) is 2. The molecule has 4 nitrogen and oxygen atoms in total. The molecule has 0 atom stereocenters. The Hall–Kier alpha value is -1.29. The molecule has 1 aliphatic carbocycles. The molecule has 19 heavy (non-hydrogen) atoms. The highest BCUT2D eigenvalue weighted by molar-refractivity contribution is 5.73. The van der Waals surface area contributed by atoms with Gasteiger partial charge in [0.2, 0.25) is 5.91 Å². The molecule has 0 radical (unpaired) electrons. The molecule has 0 aromatic carbocycles. The topological polar surface area (TPSA) is 78.3 Å². The molecule has 0 spiro atoms. The Morgan fingerprint density at radius 3 is 2.79 bits per heavy atom. The summed E-state index contributed by atoms with van der Waals surface area (Å²) in [6.07, 6.45) is 12.6. The average molecular weight is 266 g/mol. The van der Waals surface area contributed by atoms with Crippen molar-refractivity contribution in [3.63, 3.8) is 0 Å². The van der Waals surface area contributed by atoms with Crippen molar-refractivity contribution in [2.45, 2.75) is 51.4 Å². The van der Waals surface area contributed by atoms with Gasteiger partial charge in [0.05, 0.1) is 12.4 Å². The number of rotatable bonds is 5. The molecule has 108 valence electrons. The SMILES string of the molecule is C1=CC2=C(CC1)OCCC2.NCCCCCC(N)=O. The van der Waals surface area contributed by atoms with Crippen LogP contribution >= 0.6 is 0 Å². The van der Waals surface area contributed by atoms with Crippen molar-refractivity contribution < 1.29 is 9.53 Å². The molecule has 0 aromatic rings. The van der Waals surface area contributed by atoms with Gasteiger partial charge >= 0.3 is 0 Å². The zero-order valence-electron chi connectivity index (χ0n) is 11.7. The Kier molecular flexibility index (Phi) is 7.98. The van der Waals surface area contributed by atoms with Crippen LogP contribution in [-0.2, 0) is 9.53 Å². The first kappa shape index (κ1) is 15.8. The van der Waals surface area contributed by atoms with E-state index in [1.807, 2.05) is 0 Å². The Balaban J connectivity index is 0.000000192. The fourth-order valence-electron chi connectivity index (χ4n) is 2.16. The summed E-state index contributed by atoms with van der Waals surface area (Å²) in [7, 11) is 0. The lowest BCUT2D eigenvalue weighted by Crippen LogP contribution is -2.09. The number of allylic oxidation sites excluding steroid dienone is 4. The molecular weight excluding hydrogens is 240 g/mol. The molecule has 0 fully saturated rings. The standard InChI is InChI=1S/C9H12O.C6H14N2O/c1-2-6-9-8(4-1)5-3-7-10-9;7-5-3-1-2-4-6(8)9/h1,4H,2-3,5-7H2;1-5,7H2,(H2,8,9). The Morgan fingerprint density at radius 2 is 2.11 bits per heavy atom. The zero-order valence-corrected chi connectivity index (χ0v) is 11.7. The molecule has 0 saturated heterocycles. The van der Waals surface area contributed by atoms with E-state index in [0.29, 0.717) is 13.0 Å². The number of carbonyl (C=O) groups is 1. The van der Waals surface area contributed by atoms with Gasteiger partial charge in [-0.3, -0.25) is 4.79 Å². The molecule has 0 unspecified atom stereocenters. The van der Waals surface area contributed by atoms with E-state index in [0.717, 1.165) is 32.3 Å². The van der Waals surface area contributed by atoms with E-state index in [1.165, 1.54) is 30.6 Å². The summed E-state index contributed by atoms with van der Waals surface area (Å²) in [6.45, 7) is 1.64. The fourth-order valence-corrected chi connectivity index (χ4v) is 2.16. The summed E-state index contributed by atoms with van der Waals surface area (Å²) in [4.78, 5) is 10.2. The second kappa shape index (κ2) is 9.62. The fraction of sp³-hybridized carbons (Fsp3) is 0.667. The van der Waals surface area contributed by atoms with E-state index < -0.39 is 0 Å². The van der Waals surface area contributed by atoms with Crippen LogP contribution in [0.4, 0.5) is 0 Å². The van der Waals surface area contributed by atoms with Crippen LogP contribution in [0.1, 0.15) is 51.4 Å². The lowest BCUT2D eigenvalue weighted by Gasteiger charge is -2.21. The third kappa shape index (κ3) is 7.01. The van der Waals surface area contributed by atoms with Crippen LogP contribution in [0.15, 0.2) is 23.5 Å². The van der Waals surface area contributed by atoms with Crippen molar-refractivity contribution in [3.8, 4) is 0 Å².